The van der Waals surface area contributed by atoms with E-state index in [0.717, 1.165) is 38.5 Å². The number of halogens is 2. The van der Waals surface area contributed by atoms with Crippen LogP contribution in [0, 0.1) is 22.6 Å². The molecule has 3 N–H and O–H groups in total. The van der Waals surface area contributed by atoms with Gasteiger partial charge in [-0.25, -0.2) is 14.4 Å². The zero-order valence-electron chi connectivity index (χ0n) is 19.7. The van der Waals surface area contributed by atoms with Gasteiger partial charge in [-0.1, -0.05) is 11.6 Å². The molecule has 182 valence electrons. The number of hydrogen-bond acceptors (Lipinski definition) is 7. The quantitative estimate of drug-likeness (QED) is 0.407. The van der Waals surface area contributed by atoms with Crippen LogP contribution in [0.3, 0.4) is 0 Å². The van der Waals surface area contributed by atoms with E-state index in [9.17, 15) is 9.65 Å². The maximum absolute atomic E-state index is 14.7. The highest BCUT2D eigenvalue weighted by Gasteiger charge is 2.43. The van der Waals surface area contributed by atoms with Gasteiger partial charge in [-0.2, -0.15) is 5.26 Å². The van der Waals surface area contributed by atoms with Gasteiger partial charge in [0.25, 0.3) is 0 Å². The summed E-state index contributed by atoms with van der Waals surface area (Å²) in [6.45, 7) is 3.34. The molecule has 0 amide bonds. The molecule has 0 aromatic carbocycles. The van der Waals surface area contributed by atoms with Crippen molar-refractivity contribution in [3.63, 3.8) is 0 Å². The molecule has 2 fully saturated rings. The molecule has 0 aliphatic heterocycles. The standard InChI is InChI=1S/C25H32ClFN6O/c1-16(13-34-2)32-18-3-5-19(6-4-18)33-23-10-20(21(27)12-29-23)17-9-22(24(26)30-11-17)31-15-25(14-28)7-8-25/h9-12,16,18-19,31-32H,3-8,13,15H2,1-2H3,(H,29,33)/t16-,18?,19?/m0/s1. The molecule has 2 aliphatic rings. The first kappa shape index (κ1) is 24.6. The zero-order valence-corrected chi connectivity index (χ0v) is 20.5. The molecule has 0 unspecified atom stereocenters. The molecule has 2 aromatic rings. The maximum Gasteiger partial charge on any atom is 0.152 e. The van der Waals surface area contributed by atoms with Crippen LogP contribution in [-0.2, 0) is 4.74 Å². The summed E-state index contributed by atoms with van der Waals surface area (Å²) in [7, 11) is 1.72. The normalized spacial score (nSPS) is 22.0. The van der Waals surface area contributed by atoms with E-state index in [4.69, 9.17) is 16.3 Å². The van der Waals surface area contributed by atoms with Crippen molar-refractivity contribution in [2.75, 3.05) is 30.9 Å². The Bertz CT molecular complexity index is 1030. The summed E-state index contributed by atoms with van der Waals surface area (Å²) in [5.74, 6) is 0.225. The minimum absolute atomic E-state index is 0.294. The van der Waals surface area contributed by atoms with Gasteiger partial charge in [0.2, 0.25) is 0 Å². The second-order valence-electron chi connectivity index (χ2n) is 9.57. The Morgan fingerprint density at radius 3 is 2.62 bits per heavy atom. The van der Waals surface area contributed by atoms with Crippen LogP contribution in [0.1, 0.15) is 45.4 Å². The summed E-state index contributed by atoms with van der Waals surface area (Å²) in [5.41, 5.74) is 1.29. The Labute approximate surface area is 205 Å². The van der Waals surface area contributed by atoms with Crippen molar-refractivity contribution in [3.8, 4) is 17.2 Å². The number of aromatic nitrogens is 2. The van der Waals surface area contributed by atoms with Gasteiger partial charge in [-0.05, 0) is 57.6 Å². The van der Waals surface area contributed by atoms with Crippen molar-refractivity contribution < 1.29 is 9.13 Å². The number of pyridine rings is 2. The third-order valence-electron chi connectivity index (χ3n) is 6.73. The third-order valence-corrected chi connectivity index (χ3v) is 7.03. The van der Waals surface area contributed by atoms with Gasteiger partial charge >= 0.3 is 0 Å². The molecular formula is C25H32ClFN6O. The minimum atomic E-state index is -0.420. The van der Waals surface area contributed by atoms with Gasteiger partial charge in [0.15, 0.2) is 5.15 Å². The zero-order chi connectivity index (χ0) is 24.1. The molecular weight excluding hydrogens is 455 g/mol. The average molecular weight is 487 g/mol. The van der Waals surface area contributed by atoms with Crippen molar-refractivity contribution in [2.45, 2.75) is 63.6 Å². The molecule has 0 radical (unpaired) electrons. The van der Waals surface area contributed by atoms with Crippen LogP contribution in [-0.4, -0.2) is 48.4 Å². The lowest BCUT2D eigenvalue weighted by molar-refractivity contribution is 0.161. The second-order valence-corrected chi connectivity index (χ2v) is 9.93. The number of hydrogen-bond donors (Lipinski definition) is 3. The fourth-order valence-corrected chi connectivity index (χ4v) is 4.69. The molecule has 0 saturated heterocycles. The van der Waals surface area contributed by atoms with Gasteiger partial charge in [0, 0.05) is 49.1 Å². The molecule has 0 bridgehead atoms. The molecule has 2 heterocycles. The van der Waals surface area contributed by atoms with Crippen molar-refractivity contribution in [2.24, 2.45) is 5.41 Å². The van der Waals surface area contributed by atoms with Crippen LogP contribution in [0.2, 0.25) is 5.15 Å². The summed E-state index contributed by atoms with van der Waals surface area (Å²) in [6, 6.07) is 6.98. The molecule has 2 saturated carbocycles. The smallest absolute Gasteiger partial charge is 0.152 e. The van der Waals surface area contributed by atoms with Crippen LogP contribution in [0.4, 0.5) is 15.9 Å². The fraction of sp³-hybridized carbons (Fsp3) is 0.560. The first-order valence-electron chi connectivity index (χ1n) is 11.9. The molecule has 34 heavy (non-hydrogen) atoms. The predicted molar refractivity (Wildman–Crippen MR) is 132 cm³/mol. The van der Waals surface area contributed by atoms with Crippen LogP contribution in [0.15, 0.2) is 24.5 Å². The van der Waals surface area contributed by atoms with E-state index in [1.54, 1.807) is 25.4 Å². The third kappa shape index (κ3) is 6.15. The van der Waals surface area contributed by atoms with Crippen LogP contribution in [0.5, 0.6) is 0 Å². The van der Waals surface area contributed by atoms with Crippen LogP contribution >= 0.6 is 11.6 Å². The van der Waals surface area contributed by atoms with Gasteiger partial charge in [0.05, 0.1) is 30.0 Å². The SMILES string of the molecule is COC[C@H](C)NC1CCC(Nc2cc(-c3cnc(Cl)c(NCC4(C#N)CC4)c3)c(F)cn2)CC1. The molecule has 1 atom stereocenters. The average Bonchev–Trinajstić information content (AvgIpc) is 3.62. The topological polar surface area (TPSA) is 94.9 Å². The van der Waals surface area contributed by atoms with Gasteiger partial charge in [-0.15, -0.1) is 0 Å². The second kappa shape index (κ2) is 10.9. The molecule has 9 heteroatoms. The number of methoxy groups -OCH3 is 1. The summed E-state index contributed by atoms with van der Waals surface area (Å²) >= 11 is 6.25. The summed E-state index contributed by atoms with van der Waals surface area (Å²) in [4.78, 5) is 8.49. The highest BCUT2D eigenvalue weighted by molar-refractivity contribution is 6.32. The highest BCUT2D eigenvalue weighted by Crippen LogP contribution is 2.45. The van der Waals surface area contributed by atoms with Gasteiger partial charge < -0.3 is 20.7 Å². The van der Waals surface area contributed by atoms with Crippen LogP contribution in [0.25, 0.3) is 11.1 Å². The number of nitrogens with one attached hydrogen (secondary N) is 3. The Morgan fingerprint density at radius 1 is 1.21 bits per heavy atom. The lowest BCUT2D eigenvalue weighted by Crippen LogP contribution is -2.42. The van der Waals surface area contributed by atoms with E-state index in [0.29, 0.717) is 59.1 Å². The van der Waals surface area contributed by atoms with E-state index in [1.807, 2.05) is 0 Å². The van der Waals surface area contributed by atoms with E-state index in [1.165, 1.54) is 6.20 Å². The summed E-state index contributed by atoms with van der Waals surface area (Å²) < 4.78 is 19.9. The molecule has 7 nitrogen and oxygen atoms in total. The Kier molecular flexibility index (Phi) is 7.87. The maximum atomic E-state index is 14.7. The van der Waals surface area contributed by atoms with Crippen molar-refractivity contribution in [1.82, 2.24) is 15.3 Å². The van der Waals surface area contributed by atoms with Crippen molar-refractivity contribution in [3.05, 3.63) is 35.5 Å². The first-order chi connectivity index (χ1) is 16.4. The van der Waals surface area contributed by atoms with Crippen molar-refractivity contribution >= 4 is 23.1 Å². The lowest BCUT2D eigenvalue weighted by Gasteiger charge is -2.31. The number of anilines is 2. The van der Waals surface area contributed by atoms with E-state index < -0.39 is 5.82 Å². The Balaban J connectivity index is 1.40. The van der Waals surface area contributed by atoms with E-state index >= 15 is 0 Å². The van der Waals surface area contributed by atoms with E-state index in [2.05, 4.69) is 38.9 Å². The minimum Gasteiger partial charge on any atom is -0.383 e. The predicted octanol–water partition coefficient (Wildman–Crippen LogP) is 5.00. The first-order valence-corrected chi connectivity index (χ1v) is 12.3. The molecule has 0 spiro atoms. The largest absolute Gasteiger partial charge is 0.383 e. The number of nitrogens with zero attached hydrogens (tertiary/aromatic N) is 3. The van der Waals surface area contributed by atoms with Gasteiger partial charge in [0.1, 0.15) is 11.6 Å². The molecule has 4 rings (SSSR count). The highest BCUT2D eigenvalue weighted by atomic mass is 35.5. The molecule has 2 aliphatic carbocycles. The fourth-order valence-electron chi connectivity index (χ4n) is 4.52. The van der Waals surface area contributed by atoms with E-state index in [-0.39, 0.29) is 5.41 Å². The Morgan fingerprint density at radius 2 is 1.94 bits per heavy atom. The summed E-state index contributed by atoms with van der Waals surface area (Å²) in [5, 5.41) is 19.9. The number of rotatable bonds is 10. The molecule has 2 aromatic heterocycles. The summed E-state index contributed by atoms with van der Waals surface area (Å²) in [6.07, 6.45) is 8.73. The Hall–Kier alpha value is -2.47. The van der Waals surface area contributed by atoms with Crippen molar-refractivity contribution in [1.29, 1.82) is 5.26 Å². The number of nitriles is 1. The van der Waals surface area contributed by atoms with Gasteiger partial charge in [-0.3, -0.25) is 0 Å². The lowest BCUT2D eigenvalue weighted by atomic mass is 9.90. The monoisotopic (exact) mass is 486 g/mol. The van der Waals surface area contributed by atoms with Crippen LogP contribution < -0.4 is 16.0 Å². The number of ether oxygens (including phenoxy) is 1.